The normalized spacial score (nSPS) is 38.8. The van der Waals surface area contributed by atoms with Crippen molar-refractivity contribution >= 4 is 17.7 Å². The zero-order valence-corrected chi connectivity index (χ0v) is 46.6. The van der Waals surface area contributed by atoms with Crippen LogP contribution in [0.1, 0.15) is 205 Å². The molecule has 0 radical (unpaired) electrons. The summed E-state index contributed by atoms with van der Waals surface area (Å²) in [7, 11) is 5.18. The lowest BCUT2D eigenvalue weighted by Crippen LogP contribution is -2.61. The van der Waals surface area contributed by atoms with E-state index in [0.29, 0.717) is 12.8 Å². The highest BCUT2D eigenvalue weighted by atomic mass is 16.7. The molecular weight excluding hydrogens is 915 g/mol. The fourth-order valence-electron chi connectivity index (χ4n) is 11.1. The fraction of sp³-hybridized carbons (Fsp3) is 0.945. The highest BCUT2D eigenvalue weighted by molar-refractivity contribution is 5.83. The Balaban J connectivity index is 0.000000725. The van der Waals surface area contributed by atoms with E-state index < -0.39 is 114 Å². The number of aliphatic hydroxyl groups excluding tert-OH is 3. The van der Waals surface area contributed by atoms with Crippen LogP contribution in [-0.2, 0) is 42.8 Å². The van der Waals surface area contributed by atoms with Crippen LogP contribution in [0.4, 0.5) is 0 Å². The molecule has 0 saturated carbocycles. The van der Waals surface area contributed by atoms with E-state index >= 15 is 0 Å². The maximum absolute atomic E-state index is 14.1. The molecule has 0 aromatic rings. The van der Waals surface area contributed by atoms with E-state index in [9.17, 15) is 39.9 Å². The number of carbonyl (C=O) groups excluding carboxylic acids is 2. The first-order valence-electron chi connectivity index (χ1n) is 27.5. The zero-order valence-electron chi connectivity index (χ0n) is 46.6. The Morgan fingerprint density at radius 2 is 1.25 bits per heavy atom. The summed E-state index contributed by atoms with van der Waals surface area (Å²) in [6.07, 6.45) is 10.5. The van der Waals surface area contributed by atoms with Crippen molar-refractivity contribution in [1.82, 2.24) is 4.90 Å². The number of ketones is 1. The first-order chi connectivity index (χ1) is 33.2. The van der Waals surface area contributed by atoms with Gasteiger partial charge in [-0.05, 0) is 81.3 Å². The molecule has 3 aliphatic rings. The lowest BCUT2D eigenvalue weighted by atomic mass is 9.74. The molecule has 0 aromatic heterocycles. The van der Waals surface area contributed by atoms with Gasteiger partial charge in [0.05, 0.1) is 47.6 Å². The number of nitrogens with zero attached hydrogens (tertiary/aromatic N) is 1. The standard InChI is InChI=1S/C37H67NO13.C18H36O2/c1-14-25-37(10,45)30(41)20(4)27(39)18(2)16-35(8,44)32(51-34-28(40)24(38(11)12)15-19(3)47-34)21(5)29(22(6)33(43)49-25)50-26-17-36(9,46-13)31(42)23(7)48-26;1-2-3-4-5-6-7-8-9-10-11-12-13-14-15-16-17-18(19)20/h18-26,28-32,34,40-42,44-45H,14-17H2,1-13H3;2-17H2,1H3,(H,19,20)/t18-,19-,20+,21+,22-,23+,24+,25-,26?,28-,29+,30-,31+,32+,34?,35-,36-,37-;/m1./s1. The maximum atomic E-state index is 14.1. The van der Waals surface area contributed by atoms with Crippen LogP contribution in [0.2, 0.25) is 0 Å². The molecule has 418 valence electrons. The number of carboxylic acids is 1. The Morgan fingerprint density at radius 3 is 1.73 bits per heavy atom. The van der Waals surface area contributed by atoms with E-state index in [1.165, 1.54) is 111 Å². The predicted octanol–water partition coefficient (Wildman–Crippen LogP) is 8.12. The molecule has 3 fully saturated rings. The van der Waals surface area contributed by atoms with Crippen molar-refractivity contribution in [2.75, 3.05) is 21.2 Å². The van der Waals surface area contributed by atoms with Gasteiger partial charge in [-0.3, -0.25) is 14.4 Å². The molecule has 16 heteroatoms. The van der Waals surface area contributed by atoms with Crippen LogP contribution in [0.25, 0.3) is 0 Å². The van der Waals surface area contributed by atoms with Crippen molar-refractivity contribution < 1.29 is 73.4 Å². The van der Waals surface area contributed by atoms with Gasteiger partial charge in [0, 0.05) is 43.7 Å². The third-order valence-corrected chi connectivity index (χ3v) is 15.8. The van der Waals surface area contributed by atoms with Gasteiger partial charge in [-0.2, -0.15) is 0 Å². The number of esters is 1. The van der Waals surface area contributed by atoms with E-state index in [1.54, 1.807) is 41.5 Å². The fourth-order valence-corrected chi connectivity index (χ4v) is 11.1. The minimum absolute atomic E-state index is 0.0936. The number of likely N-dealkylation sites (N-methyl/N-ethyl adjacent to an activating group) is 1. The van der Waals surface area contributed by atoms with Crippen LogP contribution in [-0.4, -0.2) is 159 Å². The molecule has 0 spiro atoms. The molecule has 2 unspecified atom stereocenters. The second kappa shape index (κ2) is 31.3. The van der Waals surface area contributed by atoms with Crippen molar-refractivity contribution in [3.05, 3.63) is 0 Å². The van der Waals surface area contributed by atoms with Gasteiger partial charge in [-0.25, -0.2) is 0 Å². The third-order valence-electron chi connectivity index (χ3n) is 15.8. The highest BCUT2D eigenvalue weighted by Crippen LogP contribution is 2.41. The molecule has 0 bridgehead atoms. The van der Waals surface area contributed by atoms with E-state index in [0.717, 1.165) is 12.8 Å². The Kier molecular flexibility index (Phi) is 28.8. The monoisotopic (exact) mass is 1020 g/mol. The van der Waals surface area contributed by atoms with Gasteiger partial charge < -0.3 is 64.0 Å². The number of aliphatic carboxylic acids is 1. The number of unbranched alkanes of at least 4 members (excludes halogenated alkanes) is 14. The number of hydrogen-bond acceptors (Lipinski definition) is 15. The molecule has 16 nitrogen and oxygen atoms in total. The number of rotatable bonds is 23. The summed E-state index contributed by atoms with van der Waals surface area (Å²) in [6, 6.07) is -0.324. The lowest BCUT2D eigenvalue weighted by Gasteiger charge is -2.49. The average molecular weight is 1020 g/mol. The van der Waals surface area contributed by atoms with Crippen molar-refractivity contribution in [2.24, 2.45) is 23.7 Å². The highest BCUT2D eigenvalue weighted by Gasteiger charge is 2.53. The van der Waals surface area contributed by atoms with Crippen molar-refractivity contribution in [3.63, 3.8) is 0 Å². The summed E-state index contributed by atoms with van der Waals surface area (Å²) in [5.41, 5.74) is -4.84. The molecule has 3 saturated heterocycles. The topological polar surface area (TPSA) is 231 Å². The maximum Gasteiger partial charge on any atom is 0.311 e. The first kappa shape index (κ1) is 65.3. The summed E-state index contributed by atoms with van der Waals surface area (Å²) in [5, 5.41) is 66.1. The zero-order chi connectivity index (χ0) is 53.9. The molecule has 3 rings (SSSR count). The Labute approximate surface area is 428 Å². The number of carbonyl (C=O) groups is 3. The summed E-state index contributed by atoms with van der Waals surface area (Å²) in [4.78, 5) is 40.1. The molecule has 0 aromatic carbocycles. The van der Waals surface area contributed by atoms with Crippen molar-refractivity contribution in [3.8, 4) is 0 Å². The van der Waals surface area contributed by atoms with Crippen LogP contribution in [0.15, 0.2) is 0 Å². The van der Waals surface area contributed by atoms with E-state index in [4.69, 9.17) is 33.5 Å². The number of hydrogen-bond donors (Lipinski definition) is 6. The molecule has 6 N–H and O–H groups in total. The molecule has 3 aliphatic heterocycles. The number of Topliss-reactive ketones (excluding diaryl/α,β-unsaturated/α-hetero) is 1. The van der Waals surface area contributed by atoms with Gasteiger partial charge in [0.2, 0.25) is 0 Å². The number of ether oxygens (including phenoxy) is 6. The Bertz CT molecular complexity index is 1530. The largest absolute Gasteiger partial charge is 0.481 e. The number of aliphatic hydroxyl groups is 5. The van der Waals surface area contributed by atoms with Crippen LogP contribution in [0.5, 0.6) is 0 Å². The van der Waals surface area contributed by atoms with Crippen molar-refractivity contribution in [1.29, 1.82) is 0 Å². The second-order valence-corrected chi connectivity index (χ2v) is 22.6. The van der Waals surface area contributed by atoms with Gasteiger partial charge in [0.25, 0.3) is 0 Å². The Morgan fingerprint density at radius 1 is 0.732 bits per heavy atom. The second-order valence-electron chi connectivity index (χ2n) is 22.6. The first-order valence-corrected chi connectivity index (χ1v) is 27.5. The van der Waals surface area contributed by atoms with E-state index in [-0.39, 0.29) is 31.4 Å². The van der Waals surface area contributed by atoms with Crippen LogP contribution in [0, 0.1) is 23.7 Å². The van der Waals surface area contributed by atoms with Gasteiger partial charge in [-0.15, -0.1) is 0 Å². The summed E-state index contributed by atoms with van der Waals surface area (Å²) in [5.74, 6) is -5.63. The van der Waals surface area contributed by atoms with Crippen molar-refractivity contribution in [2.45, 2.75) is 289 Å². The molecule has 3 heterocycles. The molecular formula is C55H103NO15. The van der Waals surface area contributed by atoms with Crippen LogP contribution >= 0.6 is 0 Å². The number of methoxy groups -OCH3 is 1. The molecule has 71 heavy (non-hydrogen) atoms. The summed E-state index contributed by atoms with van der Waals surface area (Å²) < 4.78 is 37.1. The lowest BCUT2D eigenvalue weighted by molar-refractivity contribution is -0.318. The van der Waals surface area contributed by atoms with Gasteiger partial charge in [0.1, 0.15) is 29.7 Å². The van der Waals surface area contributed by atoms with Gasteiger partial charge in [0.15, 0.2) is 12.6 Å². The van der Waals surface area contributed by atoms with Gasteiger partial charge >= 0.3 is 11.9 Å². The quantitative estimate of drug-likeness (QED) is 0.0419. The minimum atomic E-state index is -1.99. The smallest absolute Gasteiger partial charge is 0.311 e. The SMILES string of the molecule is CCCCCCCCCCCCCCCCCC(=O)O.CC[C@H]1OC(=O)[C@H](C)[C@@H](OC2C[C@@](C)(OC)[C@@H](O)[C@H](C)O2)[C@H](C)[C@H](OC2O[C@H](C)C[C@H](N(C)C)[C@H]2O)[C@](C)(O)C[C@@H](C)C(=O)[C@H](C)[C@@H](O)[C@]1(C)O. The molecule has 0 amide bonds. The predicted molar refractivity (Wildman–Crippen MR) is 273 cm³/mol. The van der Waals surface area contributed by atoms with Gasteiger partial charge in [-0.1, -0.05) is 125 Å². The molecule has 0 aliphatic carbocycles. The van der Waals surface area contributed by atoms with Crippen LogP contribution in [0.3, 0.4) is 0 Å². The number of cyclic esters (lactones) is 1. The minimum Gasteiger partial charge on any atom is -0.481 e. The van der Waals surface area contributed by atoms with Crippen LogP contribution < -0.4 is 0 Å². The number of carboxylic acid groups (broad SMARTS) is 1. The summed E-state index contributed by atoms with van der Waals surface area (Å²) >= 11 is 0. The van der Waals surface area contributed by atoms with E-state index in [2.05, 4.69) is 6.92 Å². The summed E-state index contributed by atoms with van der Waals surface area (Å²) in [6.45, 7) is 18.6. The Hall–Kier alpha value is -1.83. The third kappa shape index (κ3) is 20.0. The van der Waals surface area contributed by atoms with E-state index in [1.807, 2.05) is 25.9 Å². The molecule has 18 atom stereocenters. The average Bonchev–Trinajstić information content (AvgIpc) is 3.31.